The molecule has 1 aliphatic rings. The van der Waals surface area contributed by atoms with Crippen molar-refractivity contribution < 1.29 is 18.0 Å². The quantitative estimate of drug-likeness (QED) is 0.280. The molecule has 3 aromatic rings. The summed E-state index contributed by atoms with van der Waals surface area (Å²) in [5.41, 5.74) is 3.22. The van der Waals surface area contributed by atoms with E-state index in [0.29, 0.717) is 18.5 Å². The summed E-state index contributed by atoms with van der Waals surface area (Å²) in [6.45, 7) is 5.62. The van der Waals surface area contributed by atoms with Crippen molar-refractivity contribution in [1.29, 1.82) is 0 Å². The standard InChI is InChI=1S/C34H43N3O4S/c1-4-28-17-12-13-22-32(28)37(42(40,41)30-20-10-7-11-21-30)25-33(38)36(24-27-16-14-15-26(3)23-27)31(5-2)34(39)35-29-18-8-6-9-19-29/h7,10-17,20-23,29,31H,4-6,8-9,18-19,24-25H2,1-3H3,(H,35,39)/t31-/m0/s1. The van der Waals surface area contributed by atoms with Gasteiger partial charge >= 0.3 is 0 Å². The average Bonchev–Trinajstić information content (AvgIpc) is 3.00. The molecular formula is C34H43N3O4S. The molecule has 1 fully saturated rings. The number of anilines is 1. The first kappa shape index (κ1) is 31.3. The minimum Gasteiger partial charge on any atom is -0.352 e. The highest BCUT2D eigenvalue weighted by atomic mass is 32.2. The maximum atomic E-state index is 14.3. The molecule has 7 nitrogen and oxygen atoms in total. The van der Waals surface area contributed by atoms with E-state index < -0.39 is 28.5 Å². The fraction of sp³-hybridized carbons (Fsp3) is 0.412. The number of sulfonamides is 1. The van der Waals surface area contributed by atoms with Crippen LogP contribution in [0.2, 0.25) is 0 Å². The molecule has 0 aliphatic heterocycles. The summed E-state index contributed by atoms with van der Waals surface area (Å²) < 4.78 is 29.4. The van der Waals surface area contributed by atoms with Crippen LogP contribution >= 0.6 is 0 Å². The third kappa shape index (κ3) is 7.59. The maximum Gasteiger partial charge on any atom is 0.264 e. The molecule has 224 valence electrons. The van der Waals surface area contributed by atoms with Crippen LogP contribution in [-0.2, 0) is 32.6 Å². The number of nitrogens with one attached hydrogen (secondary N) is 1. The average molecular weight is 590 g/mol. The molecule has 1 N–H and O–H groups in total. The number of nitrogens with zero attached hydrogens (tertiary/aromatic N) is 2. The van der Waals surface area contributed by atoms with Crippen molar-refractivity contribution in [2.75, 3.05) is 10.8 Å². The number of hydrogen-bond donors (Lipinski definition) is 1. The number of benzene rings is 3. The highest BCUT2D eigenvalue weighted by Gasteiger charge is 2.35. The van der Waals surface area contributed by atoms with E-state index in [9.17, 15) is 18.0 Å². The van der Waals surface area contributed by atoms with E-state index in [1.807, 2.05) is 57.2 Å². The van der Waals surface area contributed by atoms with E-state index >= 15 is 0 Å². The van der Waals surface area contributed by atoms with Crippen LogP contribution in [0, 0.1) is 6.92 Å². The molecule has 0 saturated heterocycles. The number of rotatable bonds is 12. The Balaban J connectivity index is 1.72. The third-order valence-corrected chi connectivity index (χ3v) is 9.80. The molecule has 4 rings (SSSR count). The van der Waals surface area contributed by atoms with Crippen molar-refractivity contribution in [2.24, 2.45) is 0 Å². The summed E-state index contributed by atoms with van der Waals surface area (Å²) >= 11 is 0. The normalized spacial score (nSPS) is 14.6. The zero-order valence-corrected chi connectivity index (χ0v) is 25.8. The molecule has 0 bridgehead atoms. The van der Waals surface area contributed by atoms with Gasteiger partial charge in [0.1, 0.15) is 12.6 Å². The molecule has 0 spiro atoms. The number of amides is 2. The van der Waals surface area contributed by atoms with Crippen LogP contribution in [0.25, 0.3) is 0 Å². The molecule has 1 atom stereocenters. The van der Waals surface area contributed by atoms with Crippen LogP contribution in [0.1, 0.15) is 69.1 Å². The van der Waals surface area contributed by atoms with Gasteiger partial charge in [0.05, 0.1) is 10.6 Å². The highest BCUT2D eigenvalue weighted by Crippen LogP contribution is 2.28. The topological polar surface area (TPSA) is 86.8 Å². The van der Waals surface area contributed by atoms with Crippen LogP contribution in [0.15, 0.2) is 83.8 Å². The molecule has 1 aliphatic carbocycles. The molecule has 42 heavy (non-hydrogen) atoms. The lowest BCUT2D eigenvalue weighted by atomic mass is 9.95. The molecule has 0 aromatic heterocycles. The van der Waals surface area contributed by atoms with E-state index in [4.69, 9.17) is 0 Å². The van der Waals surface area contributed by atoms with Gasteiger partial charge in [0.25, 0.3) is 10.0 Å². The summed E-state index contributed by atoms with van der Waals surface area (Å²) in [5.74, 6) is -0.607. The first-order chi connectivity index (χ1) is 20.2. The van der Waals surface area contributed by atoms with E-state index in [-0.39, 0.29) is 23.4 Å². The summed E-state index contributed by atoms with van der Waals surface area (Å²) in [4.78, 5) is 29.7. The molecule has 8 heteroatoms. The molecule has 3 aromatic carbocycles. The van der Waals surface area contributed by atoms with Gasteiger partial charge in [-0.3, -0.25) is 13.9 Å². The predicted octanol–water partition coefficient (Wildman–Crippen LogP) is 6.01. The molecule has 0 heterocycles. The van der Waals surface area contributed by atoms with E-state index in [2.05, 4.69) is 5.32 Å². The van der Waals surface area contributed by atoms with Crippen LogP contribution in [0.4, 0.5) is 5.69 Å². The predicted molar refractivity (Wildman–Crippen MR) is 168 cm³/mol. The van der Waals surface area contributed by atoms with Gasteiger partial charge in [0.2, 0.25) is 11.8 Å². The van der Waals surface area contributed by atoms with Crippen LogP contribution < -0.4 is 9.62 Å². The fourth-order valence-electron chi connectivity index (χ4n) is 5.76. The summed E-state index contributed by atoms with van der Waals surface area (Å²) in [7, 11) is -4.08. The Labute approximate surface area is 251 Å². The van der Waals surface area contributed by atoms with E-state index in [1.54, 1.807) is 47.4 Å². The number of aryl methyl sites for hydroxylation is 2. The lowest BCUT2D eigenvalue weighted by Gasteiger charge is -2.35. The third-order valence-electron chi connectivity index (χ3n) is 8.02. The number of carbonyl (C=O) groups excluding carboxylic acids is 2. The number of para-hydroxylation sites is 1. The maximum absolute atomic E-state index is 14.3. The van der Waals surface area contributed by atoms with Crippen LogP contribution in [0.3, 0.4) is 0 Å². The highest BCUT2D eigenvalue weighted by molar-refractivity contribution is 7.92. The molecule has 0 radical (unpaired) electrons. The molecule has 0 unspecified atom stereocenters. The van der Waals surface area contributed by atoms with Crippen molar-refractivity contribution in [3.8, 4) is 0 Å². The Morgan fingerprint density at radius 1 is 0.905 bits per heavy atom. The van der Waals surface area contributed by atoms with Gasteiger partial charge in [0, 0.05) is 12.6 Å². The lowest BCUT2D eigenvalue weighted by Crippen LogP contribution is -2.54. The van der Waals surface area contributed by atoms with Crippen molar-refractivity contribution >= 4 is 27.5 Å². The summed E-state index contributed by atoms with van der Waals surface area (Å²) in [6, 6.07) is 22.7. The van der Waals surface area contributed by atoms with Gasteiger partial charge in [-0.2, -0.15) is 0 Å². The first-order valence-corrected chi connectivity index (χ1v) is 16.5. The van der Waals surface area contributed by atoms with Gasteiger partial charge < -0.3 is 10.2 Å². The van der Waals surface area contributed by atoms with Crippen LogP contribution in [-0.4, -0.2) is 43.8 Å². The van der Waals surface area contributed by atoms with Gasteiger partial charge in [-0.1, -0.05) is 99.3 Å². The minimum absolute atomic E-state index is 0.0996. The Kier molecular flexibility index (Phi) is 10.8. The van der Waals surface area contributed by atoms with Crippen molar-refractivity contribution in [3.63, 3.8) is 0 Å². The van der Waals surface area contributed by atoms with Gasteiger partial charge in [-0.25, -0.2) is 8.42 Å². The second-order valence-electron chi connectivity index (χ2n) is 11.1. The minimum atomic E-state index is -4.08. The Morgan fingerprint density at radius 2 is 1.60 bits per heavy atom. The van der Waals surface area contributed by atoms with Crippen molar-refractivity contribution in [1.82, 2.24) is 10.2 Å². The summed E-state index contributed by atoms with van der Waals surface area (Å²) in [6.07, 6.45) is 6.21. The Hall–Kier alpha value is -3.65. The Bertz CT molecular complexity index is 1450. The molecule has 2 amide bonds. The monoisotopic (exact) mass is 589 g/mol. The zero-order valence-electron chi connectivity index (χ0n) is 25.0. The van der Waals surface area contributed by atoms with Gasteiger partial charge in [-0.05, 0) is 61.9 Å². The SMILES string of the molecule is CCc1ccccc1N(CC(=O)N(Cc1cccc(C)c1)[C@@H](CC)C(=O)NC1CCCCC1)S(=O)(=O)c1ccccc1. The first-order valence-electron chi connectivity index (χ1n) is 15.1. The fourth-order valence-corrected chi connectivity index (χ4v) is 7.23. The Morgan fingerprint density at radius 3 is 2.26 bits per heavy atom. The number of carbonyl (C=O) groups is 2. The van der Waals surface area contributed by atoms with E-state index in [1.165, 1.54) is 10.7 Å². The molecule has 1 saturated carbocycles. The number of hydrogen-bond acceptors (Lipinski definition) is 4. The second kappa shape index (κ2) is 14.5. The van der Waals surface area contributed by atoms with Crippen molar-refractivity contribution in [3.05, 3.63) is 95.6 Å². The zero-order chi connectivity index (χ0) is 30.1. The lowest BCUT2D eigenvalue weighted by molar-refractivity contribution is -0.140. The molecular weight excluding hydrogens is 546 g/mol. The van der Waals surface area contributed by atoms with Gasteiger partial charge in [0.15, 0.2) is 0 Å². The van der Waals surface area contributed by atoms with Crippen LogP contribution in [0.5, 0.6) is 0 Å². The van der Waals surface area contributed by atoms with Gasteiger partial charge in [-0.15, -0.1) is 0 Å². The van der Waals surface area contributed by atoms with Crippen molar-refractivity contribution in [2.45, 2.75) is 89.2 Å². The van der Waals surface area contributed by atoms with E-state index in [0.717, 1.165) is 42.4 Å². The smallest absolute Gasteiger partial charge is 0.264 e. The summed E-state index contributed by atoms with van der Waals surface area (Å²) in [5, 5.41) is 3.20. The second-order valence-corrected chi connectivity index (χ2v) is 12.9. The largest absolute Gasteiger partial charge is 0.352 e.